The van der Waals surface area contributed by atoms with Gasteiger partial charge in [-0.05, 0) is 31.2 Å². The number of carbonyl (C=O) groups is 1. The smallest absolute Gasteiger partial charge is 0.274 e. The molecule has 7 nitrogen and oxygen atoms in total. The molecule has 1 aromatic heterocycles. The van der Waals surface area contributed by atoms with Crippen LogP contribution in [0.4, 0.5) is 11.4 Å². The Balaban J connectivity index is 1.71. The summed E-state index contributed by atoms with van der Waals surface area (Å²) in [6, 6.07) is 10.0. The number of aryl methyl sites for hydroxylation is 1. The molecule has 0 unspecified atom stereocenters. The van der Waals surface area contributed by atoms with Crippen molar-refractivity contribution in [2.24, 2.45) is 7.05 Å². The van der Waals surface area contributed by atoms with Gasteiger partial charge in [0.1, 0.15) is 0 Å². The molecule has 3 aromatic rings. The number of rotatable bonds is 5. The lowest BCUT2D eigenvalue weighted by Gasteiger charge is -2.08. The van der Waals surface area contributed by atoms with Gasteiger partial charge in [-0.15, -0.1) is 0 Å². The lowest BCUT2D eigenvalue weighted by atomic mass is 10.1. The van der Waals surface area contributed by atoms with Crippen molar-refractivity contribution in [2.75, 3.05) is 11.1 Å². The van der Waals surface area contributed by atoms with E-state index in [-0.39, 0.29) is 17.3 Å². The van der Waals surface area contributed by atoms with Gasteiger partial charge < -0.3 is 9.88 Å². The molecule has 2 aromatic carbocycles. The Bertz CT molecular complexity index is 1020. The number of aromatic nitrogens is 2. The standard InChI is InChI=1S/C17H15ClN4O3S/c1-10-12(4-3-5-14(10)22(24)25)19-16(23)9-26-17-20-13-8-11(18)6-7-15(13)21(17)2/h3-8H,9H2,1-2H3,(H,19,23). The number of hydrogen-bond acceptors (Lipinski definition) is 5. The maximum Gasteiger partial charge on any atom is 0.274 e. The van der Waals surface area contributed by atoms with Crippen LogP contribution in [-0.2, 0) is 11.8 Å². The molecule has 1 heterocycles. The van der Waals surface area contributed by atoms with Crippen LogP contribution in [0.1, 0.15) is 5.56 Å². The minimum Gasteiger partial charge on any atom is -0.325 e. The molecule has 26 heavy (non-hydrogen) atoms. The molecule has 0 radical (unpaired) electrons. The Morgan fingerprint density at radius 2 is 2.15 bits per heavy atom. The van der Waals surface area contributed by atoms with Crippen LogP contribution in [0.25, 0.3) is 11.0 Å². The molecule has 0 fully saturated rings. The van der Waals surface area contributed by atoms with Crippen LogP contribution in [0.2, 0.25) is 5.02 Å². The summed E-state index contributed by atoms with van der Waals surface area (Å²) in [5, 5.41) is 15.0. The maximum atomic E-state index is 12.2. The highest BCUT2D eigenvalue weighted by molar-refractivity contribution is 7.99. The zero-order valence-corrected chi connectivity index (χ0v) is 15.6. The third-order valence-corrected chi connectivity index (χ3v) is 5.18. The van der Waals surface area contributed by atoms with Gasteiger partial charge in [-0.25, -0.2) is 4.98 Å². The number of benzene rings is 2. The highest BCUT2D eigenvalue weighted by atomic mass is 35.5. The largest absolute Gasteiger partial charge is 0.325 e. The van der Waals surface area contributed by atoms with Crippen molar-refractivity contribution in [1.82, 2.24) is 9.55 Å². The first-order valence-electron chi connectivity index (χ1n) is 7.65. The van der Waals surface area contributed by atoms with Gasteiger partial charge in [0.05, 0.1) is 33.0 Å². The van der Waals surface area contributed by atoms with Gasteiger partial charge >= 0.3 is 0 Å². The van der Waals surface area contributed by atoms with E-state index in [1.807, 2.05) is 17.7 Å². The first kappa shape index (κ1) is 18.2. The highest BCUT2D eigenvalue weighted by Gasteiger charge is 2.16. The van der Waals surface area contributed by atoms with Gasteiger partial charge in [0.25, 0.3) is 5.69 Å². The quantitative estimate of drug-likeness (QED) is 0.401. The second-order valence-corrected chi connectivity index (χ2v) is 7.01. The third-order valence-electron chi connectivity index (χ3n) is 3.91. The molecule has 134 valence electrons. The second-order valence-electron chi connectivity index (χ2n) is 5.63. The Hall–Kier alpha value is -2.58. The van der Waals surface area contributed by atoms with Gasteiger partial charge in [-0.2, -0.15) is 0 Å². The van der Waals surface area contributed by atoms with Crippen molar-refractivity contribution in [3.8, 4) is 0 Å². The molecule has 3 rings (SSSR count). The van der Waals surface area contributed by atoms with E-state index in [1.165, 1.54) is 17.8 Å². The van der Waals surface area contributed by atoms with Gasteiger partial charge in [0.15, 0.2) is 5.16 Å². The summed E-state index contributed by atoms with van der Waals surface area (Å²) >= 11 is 7.26. The van der Waals surface area contributed by atoms with E-state index in [0.717, 1.165) is 11.0 Å². The Labute approximate surface area is 158 Å². The van der Waals surface area contributed by atoms with Gasteiger partial charge in [-0.1, -0.05) is 29.4 Å². The monoisotopic (exact) mass is 390 g/mol. The predicted molar refractivity (Wildman–Crippen MR) is 103 cm³/mol. The number of fused-ring (bicyclic) bond motifs is 1. The third kappa shape index (κ3) is 3.66. The Kier molecular flexibility index (Phi) is 5.15. The number of carbonyl (C=O) groups excluding carboxylic acids is 1. The molecule has 1 N–H and O–H groups in total. The normalized spacial score (nSPS) is 10.9. The van der Waals surface area contributed by atoms with Gasteiger partial charge in [-0.3, -0.25) is 14.9 Å². The van der Waals surface area contributed by atoms with E-state index < -0.39 is 4.92 Å². The number of nitro benzene ring substituents is 1. The van der Waals surface area contributed by atoms with Crippen molar-refractivity contribution in [1.29, 1.82) is 0 Å². The lowest BCUT2D eigenvalue weighted by molar-refractivity contribution is -0.385. The summed E-state index contributed by atoms with van der Waals surface area (Å²) in [6.45, 7) is 1.61. The molecule has 0 spiro atoms. The van der Waals surface area contributed by atoms with Crippen LogP contribution in [0.3, 0.4) is 0 Å². The predicted octanol–water partition coefficient (Wildman–Crippen LogP) is 4.17. The number of halogens is 1. The number of nitrogens with one attached hydrogen (secondary N) is 1. The van der Waals surface area contributed by atoms with Crippen LogP contribution in [-0.4, -0.2) is 26.1 Å². The zero-order valence-electron chi connectivity index (χ0n) is 14.0. The van der Waals surface area contributed by atoms with E-state index in [9.17, 15) is 14.9 Å². The molecular formula is C17H15ClN4O3S. The summed E-state index contributed by atoms with van der Waals surface area (Å²) in [6.07, 6.45) is 0. The maximum absolute atomic E-state index is 12.2. The van der Waals surface area contributed by atoms with E-state index in [1.54, 1.807) is 31.2 Å². The number of anilines is 1. The summed E-state index contributed by atoms with van der Waals surface area (Å²) in [4.78, 5) is 27.2. The number of hydrogen-bond donors (Lipinski definition) is 1. The molecule has 0 aliphatic heterocycles. The first-order chi connectivity index (χ1) is 12.4. The number of thioether (sulfide) groups is 1. The fourth-order valence-electron chi connectivity index (χ4n) is 2.55. The van der Waals surface area contributed by atoms with Crippen LogP contribution < -0.4 is 5.32 Å². The van der Waals surface area contributed by atoms with Crippen LogP contribution in [0, 0.1) is 17.0 Å². The van der Waals surface area contributed by atoms with Crippen molar-refractivity contribution < 1.29 is 9.72 Å². The minimum absolute atomic E-state index is 0.0253. The minimum atomic E-state index is -0.468. The molecule has 0 saturated carbocycles. The molecule has 0 saturated heterocycles. The van der Waals surface area contributed by atoms with Gasteiger partial charge in [0, 0.05) is 18.1 Å². The van der Waals surface area contributed by atoms with E-state index in [0.29, 0.717) is 21.4 Å². The number of amides is 1. The first-order valence-corrected chi connectivity index (χ1v) is 9.02. The van der Waals surface area contributed by atoms with Crippen LogP contribution in [0.5, 0.6) is 0 Å². The average molecular weight is 391 g/mol. The van der Waals surface area contributed by atoms with Crippen molar-refractivity contribution >= 4 is 51.7 Å². The molecule has 1 amide bonds. The fraction of sp³-hybridized carbons (Fsp3) is 0.176. The van der Waals surface area contributed by atoms with Crippen molar-refractivity contribution in [2.45, 2.75) is 12.1 Å². The average Bonchev–Trinajstić information content (AvgIpc) is 2.90. The molecule has 9 heteroatoms. The molecule has 0 atom stereocenters. The van der Waals surface area contributed by atoms with Gasteiger partial charge in [0.2, 0.25) is 5.91 Å². The molecule has 0 aliphatic rings. The molecule has 0 bridgehead atoms. The number of imidazole rings is 1. The van der Waals surface area contributed by atoms with E-state index >= 15 is 0 Å². The topological polar surface area (TPSA) is 90.1 Å². The number of nitro groups is 1. The number of nitrogens with zero attached hydrogens (tertiary/aromatic N) is 3. The van der Waals surface area contributed by atoms with Crippen molar-refractivity contribution in [3.63, 3.8) is 0 Å². The van der Waals surface area contributed by atoms with Crippen molar-refractivity contribution in [3.05, 3.63) is 57.1 Å². The van der Waals surface area contributed by atoms with E-state index in [4.69, 9.17) is 11.6 Å². The van der Waals surface area contributed by atoms with Crippen LogP contribution >= 0.6 is 23.4 Å². The lowest BCUT2D eigenvalue weighted by Crippen LogP contribution is -2.15. The SMILES string of the molecule is Cc1c(NC(=O)CSc2nc3cc(Cl)ccc3n2C)cccc1[N+](=O)[O-]. The Morgan fingerprint density at radius 3 is 2.88 bits per heavy atom. The second kappa shape index (κ2) is 7.35. The summed E-state index contributed by atoms with van der Waals surface area (Å²) in [7, 11) is 1.87. The fourth-order valence-corrected chi connectivity index (χ4v) is 3.51. The summed E-state index contributed by atoms with van der Waals surface area (Å²) in [5.41, 5.74) is 2.52. The van der Waals surface area contributed by atoms with Crippen LogP contribution in [0.15, 0.2) is 41.6 Å². The zero-order chi connectivity index (χ0) is 18.8. The highest BCUT2D eigenvalue weighted by Crippen LogP contribution is 2.27. The summed E-state index contributed by atoms with van der Waals surface area (Å²) < 4.78 is 1.89. The molecule has 0 aliphatic carbocycles. The summed E-state index contributed by atoms with van der Waals surface area (Å²) in [5.74, 6) is -0.129. The Morgan fingerprint density at radius 1 is 1.38 bits per heavy atom. The molecular weight excluding hydrogens is 376 g/mol. The van der Waals surface area contributed by atoms with E-state index in [2.05, 4.69) is 10.3 Å².